The third-order valence-electron chi connectivity index (χ3n) is 2.81. The first-order valence-corrected chi connectivity index (χ1v) is 7.23. The number of amides is 1. The molecule has 0 aliphatic heterocycles. The first-order chi connectivity index (χ1) is 10.1. The highest BCUT2D eigenvalue weighted by Gasteiger charge is 2.08. The van der Waals surface area contributed by atoms with Gasteiger partial charge in [-0.15, -0.1) is 0 Å². The molecule has 1 aromatic rings. The van der Waals surface area contributed by atoms with Crippen LogP contribution in [-0.2, 0) is 11.3 Å². The van der Waals surface area contributed by atoms with Crippen molar-refractivity contribution in [1.82, 2.24) is 21.1 Å². The first-order valence-electron chi connectivity index (χ1n) is 7.23. The Labute approximate surface area is 125 Å². The van der Waals surface area contributed by atoms with E-state index in [1.807, 2.05) is 13.0 Å². The molecule has 0 aliphatic rings. The van der Waals surface area contributed by atoms with Gasteiger partial charge in [0.1, 0.15) is 0 Å². The van der Waals surface area contributed by atoms with Crippen molar-refractivity contribution in [3.05, 3.63) is 17.5 Å². The third-order valence-corrected chi connectivity index (χ3v) is 2.81. The number of aromatic nitrogens is 1. The van der Waals surface area contributed by atoms with Crippen LogP contribution in [0.4, 0.5) is 0 Å². The van der Waals surface area contributed by atoms with E-state index in [0.29, 0.717) is 25.0 Å². The van der Waals surface area contributed by atoms with Crippen LogP contribution in [0.2, 0.25) is 0 Å². The highest BCUT2D eigenvalue weighted by molar-refractivity contribution is 5.86. The van der Waals surface area contributed by atoms with E-state index in [0.717, 1.165) is 17.9 Å². The predicted molar refractivity (Wildman–Crippen MR) is 82.1 cm³/mol. The van der Waals surface area contributed by atoms with Crippen molar-refractivity contribution < 1.29 is 9.32 Å². The molecule has 0 saturated carbocycles. The number of guanidine groups is 1. The summed E-state index contributed by atoms with van der Waals surface area (Å²) >= 11 is 0. The number of hydrogen-bond donors (Lipinski definition) is 3. The molecule has 0 unspecified atom stereocenters. The number of carbonyl (C=O) groups excluding carboxylic acids is 1. The molecule has 0 aromatic carbocycles. The second-order valence-corrected chi connectivity index (χ2v) is 5.00. The lowest BCUT2D eigenvalue weighted by atomic mass is 10.1. The van der Waals surface area contributed by atoms with E-state index in [1.165, 1.54) is 0 Å². The van der Waals surface area contributed by atoms with Crippen LogP contribution in [0.5, 0.6) is 0 Å². The van der Waals surface area contributed by atoms with Crippen molar-refractivity contribution in [1.29, 1.82) is 0 Å². The highest BCUT2D eigenvalue weighted by Crippen LogP contribution is 2.13. The second kappa shape index (κ2) is 8.99. The van der Waals surface area contributed by atoms with Crippen LogP contribution >= 0.6 is 0 Å². The van der Waals surface area contributed by atoms with Crippen LogP contribution in [0.1, 0.15) is 44.6 Å². The topological polar surface area (TPSA) is 91.5 Å². The fourth-order valence-electron chi connectivity index (χ4n) is 1.57. The van der Waals surface area contributed by atoms with Crippen LogP contribution in [-0.4, -0.2) is 37.2 Å². The summed E-state index contributed by atoms with van der Waals surface area (Å²) in [7, 11) is 1.65. The van der Waals surface area contributed by atoms with Crippen molar-refractivity contribution in [2.24, 2.45) is 4.99 Å². The maximum absolute atomic E-state index is 11.5. The number of nitrogens with one attached hydrogen (secondary N) is 3. The summed E-state index contributed by atoms with van der Waals surface area (Å²) in [6.45, 7) is 7.47. The average molecular weight is 295 g/mol. The zero-order valence-electron chi connectivity index (χ0n) is 13.2. The number of rotatable bonds is 7. The lowest BCUT2D eigenvalue weighted by Gasteiger charge is -2.10. The van der Waals surface area contributed by atoms with Crippen molar-refractivity contribution in [2.75, 3.05) is 20.1 Å². The number of hydrogen-bond acceptors (Lipinski definition) is 4. The van der Waals surface area contributed by atoms with E-state index in [4.69, 9.17) is 4.52 Å². The van der Waals surface area contributed by atoms with Gasteiger partial charge in [-0.3, -0.25) is 9.79 Å². The molecule has 0 bridgehead atoms. The molecule has 0 atom stereocenters. The minimum Gasteiger partial charge on any atom is -0.359 e. The van der Waals surface area contributed by atoms with Crippen molar-refractivity contribution in [3.8, 4) is 0 Å². The van der Waals surface area contributed by atoms with Gasteiger partial charge >= 0.3 is 0 Å². The average Bonchev–Trinajstić information content (AvgIpc) is 2.94. The zero-order chi connectivity index (χ0) is 15.7. The summed E-state index contributed by atoms with van der Waals surface area (Å²) in [5.74, 6) is 1.56. The number of carbonyl (C=O) groups is 1. The molecule has 0 aliphatic carbocycles. The largest absolute Gasteiger partial charge is 0.359 e. The predicted octanol–water partition coefficient (Wildman–Crippen LogP) is 0.989. The quantitative estimate of drug-likeness (QED) is 0.515. The van der Waals surface area contributed by atoms with Gasteiger partial charge in [-0.2, -0.15) is 0 Å². The Hall–Kier alpha value is -2.05. The monoisotopic (exact) mass is 295 g/mol. The minimum absolute atomic E-state index is 0.0541. The second-order valence-electron chi connectivity index (χ2n) is 5.00. The van der Waals surface area contributed by atoms with Gasteiger partial charge in [-0.05, 0) is 12.3 Å². The molecule has 118 valence electrons. The molecule has 1 heterocycles. The Morgan fingerprint density at radius 1 is 1.38 bits per heavy atom. The maximum atomic E-state index is 11.5. The molecule has 1 rings (SSSR count). The van der Waals surface area contributed by atoms with E-state index >= 15 is 0 Å². The van der Waals surface area contributed by atoms with E-state index in [2.05, 4.69) is 39.9 Å². The third kappa shape index (κ3) is 6.29. The van der Waals surface area contributed by atoms with Crippen LogP contribution < -0.4 is 16.0 Å². The maximum Gasteiger partial charge on any atom is 0.239 e. The van der Waals surface area contributed by atoms with Gasteiger partial charge in [0, 0.05) is 19.7 Å². The fraction of sp³-hybridized carbons (Fsp3) is 0.643. The molecule has 3 N–H and O–H groups in total. The molecule has 21 heavy (non-hydrogen) atoms. The van der Waals surface area contributed by atoms with Crippen molar-refractivity contribution in [2.45, 2.75) is 39.7 Å². The molecule has 0 fully saturated rings. The van der Waals surface area contributed by atoms with Crippen LogP contribution in [0.3, 0.4) is 0 Å². The van der Waals surface area contributed by atoms with Crippen LogP contribution in [0.25, 0.3) is 0 Å². The fourth-order valence-corrected chi connectivity index (χ4v) is 1.57. The van der Waals surface area contributed by atoms with E-state index in [-0.39, 0.29) is 12.5 Å². The zero-order valence-corrected chi connectivity index (χ0v) is 13.2. The number of nitrogens with zero attached hydrogens (tertiary/aromatic N) is 2. The Morgan fingerprint density at radius 2 is 2.14 bits per heavy atom. The van der Waals surface area contributed by atoms with E-state index < -0.39 is 0 Å². The molecule has 0 radical (unpaired) electrons. The molecule has 1 amide bonds. The van der Waals surface area contributed by atoms with Gasteiger partial charge in [-0.25, -0.2) is 0 Å². The van der Waals surface area contributed by atoms with Gasteiger partial charge in [0.05, 0.1) is 18.8 Å². The van der Waals surface area contributed by atoms with Crippen molar-refractivity contribution >= 4 is 11.9 Å². The molecular formula is C14H25N5O2. The summed E-state index contributed by atoms with van der Waals surface area (Å²) in [6, 6.07) is 1.92. The van der Waals surface area contributed by atoms with Crippen LogP contribution in [0, 0.1) is 0 Å². The van der Waals surface area contributed by atoms with Gasteiger partial charge in [0.2, 0.25) is 5.91 Å². The standard InChI is InChI=1S/C14H25N5O2/c1-5-6-16-13(20)9-18-14(15-4)17-8-11-7-12(10(2)3)19-21-11/h7,10H,5-6,8-9H2,1-4H3,(H,16,20)(H2,15,17,18). The molecule has 1 aromatic heterocycles. The molecule has 7 heteroatoms. The summed E-state index contributed by atoms with van der Waals surface area (Å²) in [4.78, 5) is 15.5. The Morgan fingerprint density at radius 3 is 2.71 bits per heavy atom. The first kappa shape index (κ1) is 17.0. The van der Waals surface area contributed by atoms with E-state index in [1.54, 1.807) is 7.05 Å². The number of aliphatic imine (C=N–C) groups is 1. The summed E-state index contributed by atoms with van der Waals surface area (Å²) in [5.41, 5.74) is 0.925. The van der Waals surface area contributed by atoms with Gasteiger partial charge in [0.15, 0.2) is 11.7 Å². The summed E-state index contributed by atoms with van der Waals surface area (Å²) in [6.07, 6.45) is 0.919. The van der Waals surface area contributed by atoms with Crippen LogP contribution in [0.15, 0.2) is 15.6 Å². The Balaban J connectivity index is 2.35. The van der Waals surface area contributed by atoms with Gasteiger partial charge in [0.25, 0.3) is 0 Å². The van der Waals surface area contributed by atoms with E-state index in [9.17, 15) is 4.79 Å². The summed E-state index contributed by atoms with van der Waals surface area (Å²) in [5, 5.41) is 12.8. The Bertz CT molecular complexity index is 468. The van der Waals surface area contributed by atoms with Crippen molar-refractivity contribution in [3.63, 3.8) is 0 Å². The summed E-state index contributed by atoms with van der Waals surface area (Å²) < 4.78 is 5.22. The SMILES string of the molecule is CCCNC(=O)CNC(=NC)NCc1cc(C(C)C)no1. The smallest absolute Gasteiger partial charge is 0.239 e. The Kier molecular flexibility index (Phi) is 7.28. The lowest BCUT2D eigenvalue weighted by Crippen LogP contribution is -2.43. The molecule has 0 spiro atoms. The van der Waals surface area contributed by atoms with Gasteiger partial charge in [-0.1, -0.05) is 25.9 Å². The normalized spacial score (nSPS) is 11.6. The molecular weight excluding hydrogens is 270 g/mol. The minimum atomic E-state index is -0.0541. The molecule has 7 nitrogen and oxygen atoms in total. The lowest BCUT2D eigenvalue weighted by molar-refractivity contribution is -0.120. The van der Waals surface area contributed by atoms with Gasteiger partial charge < -0.3 is 20.5 Å². The molecule has 0 saturated heterocycles. The highest BCUT2D eigenvalue weighted by atomic mass is 16.5.